The van der Waals surface area contributed by atoms with Crippen molar-refractivity contribution in [1.82, 2.24) is 5.06 Å². The van der Waals surface area contributed by atoms with E-state index in [2.05, 4.69) is 0 Å². The lowest BCUT2D eigenvalue weighted by molar-refractivity contribution is -0.201. The Labute approximate surface area is 192 Å². The van der Waals surface area contributed by atoms with Crippen LogP contribution in [-0.2, 0) is 35.2 Å². The number of rotatable bonds is 8. The topological polar surface area (TPSA) is 101 Å². The molecule has 1 saturated heterocycles. The van der Waals surface area contributed by atoms with Crippen LogP contribution in [0.25, 0.3) is 0 Å². The second-order valence-electron chi connectivity index (χ2n) is 7.21. The zero-order valence-corrected chi connectivity index (χ0v) is 18.8. The Morgan fingerprint density at radius 1 is 0.939 bits per heavy atom. The van der Waals surface area contributed by atoms with Crippen molar-refractivity contribution in [2.24, 2.45) is 0 Å². The van der Waals surface area contributed by atoms with Gasteiger partial charge in [-0.05, 0) is 37.1 Å². The first kappa shape index (κ1) is 24.1. The summed E-state index contributed by atoms with van der Waals surface area (Å²) in [7, 11) is 1.54. The van der Waals surface area contributed by atoms with Crippen molar-refractivity contribution in [3.05, 3.63) is 65.7 Å². The minimum absolute atomic E-state index is 0.0000930. The lowest BCUT2D eigenvalue weighted by Crippen LogP contribution is -2.59. The lowest BCUT2D eigenvalue weighted by Gasteiger charge is -2.30. The number of benzene rings is 2. The van der Waals surface area contributed by atoms with Gasteiger partial charge < -0.3 is 18.9 Å². The van der Waals surface area contributed by atoms with E-state index in [1.165, 1.54) is 7.11 Å². The van der Waals surface area contributed by atoms with Crippen LogP contribution in [0.15, 0.2) is 54.6 Å². The smallest absolute Gasteiger partial charge is 0.435 e. The average Bonchev–Trinajstić information content (AvgIpc) is 3.26. The summed E-state index contributed by atoms with van der Waals surface area (Å²) in [6, 6.07) is 15.9. The van der Waals surface area contributed by atoms with Crippen LogP contribution in [-0.4, -0.2) is 49.0 Å². The van der Waals surface area contributed by atoms with Gasteiger partial charge in [0, 0.05) is 6.42 Å². The van der Waals surface area contributed by atoms with E-state index < -0.39 is 29.7 Å². The van der Waals surface area contributed by atoms with Crippen LogP contribution in [0.2, 0.25) is 0 Å². The number of carbonyl (C=O) groups is 3. The Hall–Kier alpha value is -3.59. The molecule has 3 rings (SSSR count). The van der Waals surface area contributed by atoms with E-state index >= 15 is 0 Å². The molecule has 1 heterocycles. The molecular weight excluding hydrogens is 430 g/mol. The summed E-state index contributed by atoms with van der Waals surface area (Å²) in [6.07, 6.45) is -2.01. The van der Waals surface area contributed by atoms with E-state index in [4.69, 9.17) is 23.8 Å². The molecule has 1 atom stereocenters. The Morgan fingerprint density at radius 2 is 1.55 bits per heavy atom. The summed E-state index contributed by atoms with van der Waals surface area (Å²) in [5, 5.41) is 0.654. The maximum atomic E-state index is 13.1. The van der Waals surface area contributed by atoms with Crippen molar-refractivity contribution in [1.29, 1.82) is 0 Å². The van der Waals surface area contributed by atoms with Gasteiger partial charge in [-0.15, -0.1) is 0 Å². The third kappa shape index (κ3) is 5.09. The van der Waals surface area contributed by atoms with E-state index in [1.807, 2.05) is 6.07 Å². The van der Waals surface area contributed by atoms with Crippen molar-refractivity contribution in [3.63, 3.8) is 0 Å². The third-order valence-electron chi connectivity index (χ3n) is 5.14. The summed E-state index contributed by atoms with van der Waals surface area (Å²) in [4.78, 5) is 45.1. The number of carbonyl (C=O) groups excluding carboxylic acids is 3. The molecule has 2 aromatic rings. The van der Waals surface area contributed by atoms with Gasteiger partial charge in [-0.3, -0.25) is 4.84 Å². The second-order valence-corrected chi connectivity index (χ2v) is 7.21. The first-order chi connectivity index (χ1) is 16.0. The van der Waals surface area contributed by atoms with Crippen molar-refractivity contribution in [2.45, 2.75) is 38.5 Å². The molecule has 1 aliphatic heterocycles. The number of amides is 1. The molecule has 9 nitrogen and oxygen atoms in total. The molecule has 0 aliphatic carbocycles. The molecule has 33 heavy (non-hydrogen) atoms. The van der Waals surface area contributed by atoms with Gasteiger partial charge in [-0.2, -0.15) is 5.06 Å². The zero-order valence-electron chi connectivity index (χ0n) is 18.8. The molecule has 1 fully saturated rings. The van der Waals surface area contributed by atoms with Crippen molar-refractivity contribution < 1.29 is 38.2 Å². The number of nitrogens with zero attached hydrogens (tertiary/aromatic N) is 1. The van der Waals surface area contributed by atoms with Crippen molar-refractivity contribution in [2.75, 3.05) is 20.3 Å². The molecule has 2 aromatic carbocycles. The van der Waals surface area contributed by atoms with Gasteiger partial charge >= 0.3 is 18.0 Å². The standard InChI is InChI=1S/C24H27NO8/c1-4-30-21(26)24(22(27)31-5-2)15-20(18-11-13-19(29-3)14-12-18)33-25(24)23(28)32-16-17-9-7-6-8-10-17/h6-14,20H,4-5,15-16H2,1-3H3. The Kier molecular flexibility index (Phi) is 7.89. The highest BCUT2D eigenvalue weighted by Gasteiger charge is 2.64. The minimum atomic E-state index is -2.15. The summed E-state index contributed by atoms with van der Waals surface area (Å²) in [5.41, 5.74) is -0.786. The summed E-state index contributed by atoms with van der Waals surface area (Å²) < 4.78 is 20.9. The first-order valence-electron chi connectivity index (χ1n) is 10.6. The maximum absolute atomic E-state index is 13.1. The molecule has 0 bridgehead atoms. The van der Waals surface area contributed by atoms with E-state index in [9.17, 15) is 14.4 Å². The van der Waals surface area contributed by atoms with Crippen LogP contribution in [0.3, 0.4) is 0 Å². The van der Waals surface area contributed by atoms with Crippen LogP contribution in [0.1, 0.15) is 37.5 Å². The number of esters is 2. The number of hydrogen-bond acceptors (Lipinski definition) is 8. The molecule has 1 unspecified atom stereocenters. The predicted molar refractivity (Wildman–Crippen MR) is 116 cm³/mol. The molecule has 1 aliphatic rings. The number of methoxy groups -OCH3 is 1. The SMILES string of the molecule is CCOC(=O)C1(C(=O)OCC)CC(c2ccc(OC)cc2)ON1C(=O)OCc1ccccc1. The molecule has 9 heteroatoms. The van der Waals surface area contributed by atoms with Gasteiger partial charge in [0.2, 0.25) is 0 Å². The number of hydrogen-bond donors (Lipinski definition) is 0. The zero-order chi connectivity index (χ0) is 23.8. The van der Waals surface area contributed by atoms with Gasteiger partial charge in [0.15, 0.2) is 0 Å². The van der Waals surface area contributed by atoms with E-state index in [0.29, 0.717) is 16.4 Å². The third-order valence-corrected chi connectivity index (χ3v) is 5.14. The molecule has 0 aromatic heterocycles. The van der Waals surface area contributed by atoms with Gasteiger partial charge in [0.25, 0.3) is 5.54 Å². The normalized spacial score (nSPS) is 16.7. The van der Waals surface area contributed by atoms with E-state index in [-0.39, 0.29) is 26.2 Å². The van der Waals surface area contributed by atoms with Crippen LogP contribution >= 0.6 is 0 Å². The van der Waals surface area contributed by atoms with Crippen LogP contribution in [0.4, 0.5) is 4.79 Å². The minimum Gasteiger partial charge on any atom is -0.497 e. The molecule has 0 N–H and O–H groups in total. The monoisotopic (exact) mass is 457 g/mol. The van der Waals surface area contributed by atoms with E-state index in [0.717, 1.165) is 5.56 Å². The second kappa shape index (κ2) is 10.8. The van der Waals surface area contributed by atoms with Crippen LogP contribution in [0.5, 0.6) is 5.75 Å². The fourth-order valence-electron chi connectivity index (χ4n) is 3.50. The summed E-state index contributed by atoms with van der Waals surface area (Å²) in [6.45, 7) is 3.13. The van der Waals surface area contributed by atoms with Crippen molar-refractivity contribution in [3.8, 4) is 5.75 Å². The molecule has 176 valence electrons. The predicted octanol–water partition coefficient (Wildman–Crippen LogP) is 3.58. The van der Waals surface area contributed by atoms with Crippen LogP contribution < -0.4 is 4.74 Å². The quantitative estimate of drug-likeness (QED) is 0.337. The maximum Gasteiger partial charge on any atom is 0.435 e. The van der Waals surface area contributed by atoms with Gasteiger partial charge in [-0.1, -0.05) is 42.5 Å². The van der Waals surface area contributed by atoms with Gasteiger partial charge in [0.05, 0.1) is 20.3 Å². The fourth-order valence-corrected chi connectivity index (χ4v) is 3.50. The average molecular weight is 457 g/mol. The lowest BCUT2D eigenvalue weighted by atomic mass is 9.90. The molecule has 0 saturated carbocycles. The fraction of sp³-hybridized carbons (Fsp3) is 0.375. The Bertz CT molecular complexity index is 942. The molecule has 0 spiro atoms. The molecule has 1 amide bonds. The van der Waals surface area contributed by atoms with Crippen molar-refractivity contribution >= 4 is 18.0 Å². The highest BCUT2D eigenvalue weighted by Crippen LogP contribution is 2.43. The van der Waals surface area contributed by atoms with Gasteiger partial charge in [-0.25, -0.2) is 14.4 Å². The number of hydroxylamine groups is 2. The molecular formula is C24H27NO8. The summed E-state index contributed by atoms with van der Waals surface area (Å²) >= 11 is 0. The Morgan fingerprint density at radius 3 is 2.09 bits per heavy atom. The summed E-state index contributed by atoms with van der Waals surface area (Å²) in [5.74, 6) is -1.27. The van der Waals surface area contributed by atoms with Gasteiger partial charge in [0.1, 0.15) is 18.5 Å². The van der Waals surface area contributed by atoms with E-state index in [1.54, 1.807) is 62.4 Å². The first-order valence-corrected chi connectivity index (χ1v) is 10.6. The van der Waals surface area contributed by atoms with Crippen LogP contribution in [0, 0.1) is 0 Å². The Balaban J connectivity index is 1.95. The number of ether oxygens (including phenoxy) is 4. The highest BCUT2D eigenvalue weighted by molar-refractivity contribution is 6.07. The highest BCUT2D eigenvalue weighted by atomic mass is 16.8. The largest absolute Gasteiger partial charge is 0.497 e. The molecule has 0 radical (unpaired) electrons.